The first kappa shape index (κ1) is 26.0. The molecule has 0 aliphatic heterocycles. The number of benzene rings is 2. The largest absolute Gasteiger partial charge is 0.496 e. The monoisotopic (exact) mass is 435 g/mol. The number of para-hydroxylation sites is 2. The number of ether oxygens (including phenoxy) is 2. The Morgan fingerprint density at radius 2 is 1.73 bits per heavy atom. The number of hydrogen-bond acceptors (Lipinski definition) is 5. The van der Waals surface area contributed by atoms with Gasteiger partial charge in [-0.1, -0.05) is 37.3 Å². The Morgan fingerprint density at radius 1 is 1.10 bits per heavy atom. The van der Waals surface area contributed by atoms with E-state index in [-0.39, 0.29) is 30.3 Å². The van der Waals surface area contributed by atoms with Crippen molar-refractivity contribution in [2.24, 2.45) is 0 Å². The average molecular weight is 436 g/mol. The molecule has 5 nitrogen and oxygen atoms in total. The van der Waals surface area contributed by atoms with Crippen molar-refractivity contribution in [1.82, 2.24) is 5.32 Å². The summed E-state index contributed by atoms with van der Waals surface area (Å²) in [6.45, 7) is 6.99. The molecule has 0 heterocycles. The lowest BCUT2D eigenvalue weighted by atomic mass is 10.0. The van der Waals surface area contributed by atoms with Crippen LogP contribution < -0.4 is 14.8 Å². The van der Waals surface area contributed by atoms with Crippen molar-refractivity contribution in [2.45, 2.75) is 51.7 Å². The molecule has 0 bridgehead atoms. The van der Waals surface area contributed by atoms with Crippen molar-refractivity contribution in [1.29, 1.82) is 0 Å². The van der Waals surface area contributed by atoms with Crippen molar-refractivity contribution in [3.8, 4) is 11.5 Å². The van der Waals surface area contributed by atoms with Crippen LogP contribution in [0.5, 0.6) is 11.5 Å². The molecule has 0 fully saturated rings. The molecule has 0 spiro atoms. The molecule has 0 saturated carbocycles. The van der Waals surface area contributed by atoms with Crippen molar-refractivity contribution in [3.63, 3.8) is 0 Å². The zero-order chi connectivity index (χ0) is 21.3. The molecule has 2 N–H and O–H groups in total. The van der Waals surface area contributed by atoms with Gasteiger partial charge in [0, 0.05) is 18.5 Å². The fourth-order valence-electron chi connectivity index (χ4n) is 2.87. The van der Waals surface area contributed by atoms with Gasteiger partial charge in [0.1, 0.15) is 24.2 Å². The lowest BCUT2D eigenvalue weighted by Crippen LogP contribution is -2.44. The molecule has 2 rings (SSSR count). The number of aryl methyl sites for hydroxylation is 1. The van der Waals surface area contributed by atoms with E-state index in [4.69, 9.17) is 9.47 Å². The van der Waals surface area contributed by atoms with E-state index in [0.29, 0.717) is 36.4 Å². The molecule has 6 heteroatoms. The molecule has 1 atom stereocenters. The number of methoxy groups -OCH3 is 1. The first-order valence-electron chi connectivity index (χ1n) is 10.2. The van der Waals surface area contributed by atoms with Crippen molar-refractivity contribution in [2.75, 3.05) is 20.3 Å². The lowest BCUT2D eigenvalue weighted by Gasteiger charge is -2.26. The van der Waals surface area contributed by atoms with Gasteiger partial charge in [0.15, 0.2) is 5.78 Å². The Bertz CT molecular complexity index is 794. The third-order valence-electron chi connectivity index (χ3n) is 5.13. The van der Waals surface area contributed by atoms with Gasteiger partial charge >= 0.3 is 0 Å². The van der Waals surface area contributed by atoms with Gasteiger partial charge < -0.3 is 19.9 Å². The highest BCUT2D eigenvalue weighted by atomic mass is 35.5. The smallest absolute Gasteiger partial charge is 0.166 e. The second-order valence-corrected chi connectivity index (χ2v) is 7.81. The Kier molecular flexibility index (Phi) is 10.9. The second kappa shape index (κ2) is 12.6. The van der Waals surface area contributed by atoms with E-state index in [0.717, 1.165) is 12.0 Å². The Morgan fingerprint density at radius 3 is 2.40 bits per heavy atom. The van der Waals surface area contributed by atoms with E-state index in [1.54, 1.807) is 19.2 Å². The van der Waals surface area contributed by atoms with Crippen LogP contribution in [0, 0.1) is 0 Å². The summed E-state index contributed by atoms with van der Waals surface area (Å²) in [6, 6.07) is 14.9. The molecular formula is C24H34ClNO4. The van der Waals surface area contributed by atoms with Crippen LogP contribution >= 0.6 is 12.4 Å². The van der Waals surface area contributed by atoms with Crippen LogP contribution in [-0.4, -0.2) is 42.8 Å². The van der Waals surface area contributed by atoms with E-state index in [1.807, 2.05) is 36.4 Å². The van der Waals surface area contributed by atoms with Crippen LogP contribution in [-0.2, 0) is 6.42 Å². The number of Topliss-reactive ketones (excluding diaryl/α,β-unsaturated/α-hetero) is 1. The highest BCUT2D eigenvalue weighted by Crippen LogP contribution is 2.23. The zero-order valence-corrected chi connectivity index (χ0v) is 19.1. The van der Waals surface area contributed by atoms with Gasteiger partial charge in [-0.15, -0.1) is 12.4 Å². The van der Waals surface area contributed by atoms with Gasteiger partial charge in [0.05, 0.1) is 12.7 Å². The number of β-amino-alcohol motifs (C(OH)–C–C–N with tert-alkyl or cyclic N) is 1. The third kappa shape index (κ3) is 7.98. The first-order chi connectivity index (χ1) is 13.9. The Labute approximate surface area is 186 Å². The molecule has 166 valence electrons. The summed E-state index contributed by atoms with van der Waals surface area (Å²) in [5, 5.41) is 13.6. The molecule has 0 saturated heterocycles. The van der Waals surface area contributed by atoms with Crippen LogP contribution in [0.25, 0.3) is 0 Å². The third-order valence-corrected chi connectivity index (χ3v) is 5.13. The molecule has 30 heavy (non-hydrogen) atoms. The van der Waals surface area contributed by atoms with E-state index in [1.165, 1.54) is 0 Å². The van der Waals surface area contributed by atoms with Crippen LogP contribution in [0.3, 0.4) is 0 Å². The van der Waals surface area contributed by atoms with Crippen LogP contribution in [0.2, 0.25) is 0 Å². The maximum absolute atomic E-state index is 12.6. The normalized spacial score (nSPS) is 12.0. The quantitative estimate of drug-likeness (QED) is 0.482. The predicted molar refractivity (Wildman–Crippen MR) is 123 cm³/mol. The highest BCUT2D eigenvalue weighted by molar-refractivity contribution is 5.98. The number of hydrogen-bond donors (Lipinski definition) is 2. The number of carbonyl (C=O) groups excluding carboxylic acids is 1. The van der Waals surface area contributed by atoms with Crippen LogP contribution in [0.15, 0.2) is 48.5 Å². The lowest BCUT2D eigenvalue weighted by molar-refractivity contribution is 0.0964. The Balaban J connectivity index is 0.00000450. The molecule has 0 aliphatic carbocycles. The van der Waals surface area contributed by atoms with Gasteiger partial charge in [-0.3, -0.25) is 4.79 Å². The van der Waals surface area contributed by atoms with E-state index >= 15 is 0 Å². The SMILES string of the molecule is CCC(C)(C)NCC(O)COc1ccccc1CCC(=O)c1ccccc1OC.Cl. The molecule has 2 aromatic rings. The average Bonchev–Trinajstić information content (AvgIpc) is 2.75. The van der Waals surface area contributed by atoms with Gasteiger partial charge in [-0.25, -0.2) is 0 Å². The number of ketones is 1. The van der Waals surface area contributed by atoms with E-state index in [9.17, 15) is 9.90 Å². The Hall–Kier alpha value is -2.08. The number of aliphatic hydroxyl groups is 1. The molecule has 0 aromatic heterocycles. The summed E-state index contributed by atoms with van der Waals surface area (Å²) in [7, 11) is 1.57. The molecule has 0 aliphatic rings. The molecule has 0 radical (unpaired) electrons. The van der Waals surface area contributed by atoms with Crippen LogP contribution in [0.1, 0.15) is 49.5 Å². The number of halogens is 1. The van der Waals surface area contributed by atoms with Gasteiger partial charge in [0.25, 0.3) is 0 Å². The molecule has 1 unspecified atom stereocenters. The van der Waals surface area contributed by atoms with E-state index < -0.39 is 6.10 Å². The first-order valence-corrected chi connectivity index (χ1v) is 10.2. The summed E-state index contributed by atoms with van der Waals surface area (Å²) in [5.41, 5.74) is 1.52. The van der Waals surface area contributed by atoms with Gasteiger partial charge in [-0.05, 0) is 50.5 Å². The topological polar surface area (TPSA) is 67.8 Å². The fourth-order valence-corrected chi connectivity index (χ4v) is 2.87. The van der Waals surface area contributed by atoms with E-state index in [2.05, 4.69) is 26.1 Å². The second-order valence-electron chi connectivity index (χ2n) is 7.81. The maximum atomic E-state index is 12.6. The van der Waals surface area contributed by atoms with Crippen molar-refractivity contribution in [3.05, 3.63) is 59.7 Å². The minimum Gasteiger partial charge on any atom is -0.496 e. The van der Waals surface area contributed by atoms with Gasteiger partial charge in [0.2, 0.25) is 0 Å². The maximum Gasteiger partial charge on any atom is 0.166 e. The number of nitrogens with one attached hydrogen (secondary N) is 1. The number of rotatable bonds is 12. The summed E-state index contributed by atoms with van der Waals surface area (Å²) < 4.78 is 11.1. The summed E-state index contributed by atoms with van der Waals surface area (Å²) in [5.74, 6) is 1.32. The standard InChI is InChI=1S/C24H33NO4.ClH/c1-5-24(2,3)25-16-19(26)17-29-22-12-8-6-10-18(22)14-15-21(27)20-11-7-9-13-23(20)28-4;/h6-13,19,25-26H,5,14-17H2,1-4H3;1H. The molecule has 2 aromatic carbocycles. The highest BCUT2D eigenvalue weighted by Gasteiger charge is 2.17. The number of aliphatic hydroxyl groups excluding tert-OH is 1. The minimum absolute atomic E-state index is 0. The van der Waals surface area contributed by atoms with Gasteiger partial charge in [-0.2, -0.15) is 0 Å². The molecular weight excluding hydrogens is 402 g/mol. The summed E-state index contributed by atoms with van der Waals surface area (Å²) >= 11 is 0. The minimum atomic E-state index is -0.607. The zero-order valence-electron chi connectivity index (χ0n) is 18.3. The number of carbonyl (C=O) groups is 1. The predicted octanol–water partition coefficient (Wildman–Crippen LogP) is 4.45. The molecule has 0 amide bonds. The van der Waals surface area contributed by atoms with Crippen LogP contribution in [0.4, 0.5) is 0 Å². The van der Waals surface area contributed by atoms with Crippen molar-refractivity contribution < 1.29 is 19.4 Å². The fraction of sp³-hybridized carbons (Fsp3) is 0.458. The summed E-state index contributed by atoms with van der Waals surface area (Å²) in [4.78, 5) is 12.6. The van der Waals surface area contributed by atoms with Crippen molar-refractivity contribution >= 4 is 18.2 Å². The summed E-state index contributed by atoms with van der Waals surface area (Å²) in [6.07, 6.45) is 1.28.